The minimum absolute atomic E-state index is 0.0417. The summed E-state index contributed by atoms with van der Waals surface area (Å²) in [6.07, 6.45) is 0. The van der Waals surface area contributed by atoms with E-state index in [1.807, 2.05) is 0 Å². The Balaban J connectivity index is 0.000000424. The quantitative estimate of drug-likeness (QED) is 0.470. The molecule has 0 aromatic heterocycles. The second-order valence-electron chi connectivity index (χ2n) is 3.18. The van der Waals surface area contributed by atoms with Crippen molar-refractivity contribution in [1.82, 2.24) is 0 Å². The van der Waals surface area contributed by atoms with E-state index in [2.05, 4.69) is 61.7 Å². The average Bonchev–Trinajstić information content (AvgIpc) is 2.25. The zero-order valence-electron chi connectivity index (χ0n) is 8.61. The van der Waals surface area contributed by atoms with Crippen molar-refractivity contribution in [2.45, 2.75) is 34.6 Å². The Morgan fingerprint density at radius 2 is 1.15 bits per heavy atom. The molecule has 0 bridgehead atoms. The molecule has 0 saturated carbocycles. The maximum atomic E-state index is 3.20. The number of hydrogen-bond acceptors (Lipinski definition) is 0. The number of hydrogen-bond donors (Lipinski definition) is 0. The third kappa shape index (κ3) is 3.54. The van der Waals surface area contributed by atoms with E-state index in [1.165, 1.54) is 27.8 Å². The van der Waals surface area contributed by atoms with Gasteiger partial charge in [-0.25, -0.2) is 0 Å². The Hall–Kier alpha value is 0.946. The van der Waals surface area contributed by atoms with Gasteiger partial charge in [0.05, 0.1) is 0 Å². The van der Waals surface area contributed by atoms with Crippen LogP contribution in [-0.4, -0.2) is 0 Å². The fraction of sp³-hybridized carbons (Fsp3) is 0.500. The molecule has 0 N–H and O–H groups in total. The van der Waals surface area contributed by atoms with Crippen molar-refractivity contribution < 1.29 is 13.5 Å². The van der Waals surface area contributed by atoms with Crippen LogP contribution < -0.4 is 0 Å². The van der Waals surface area contributed by atoms with E-state index >= 15 is 0 Å². The Morgan fingerprint density at radius 3 is 1.23 bits per heavy atom. The molecule has 0 amide bonds. The zero-order chi connectivity index (χ0) is 10.6. The van der Waals surface area contributed by atoms with E-state index in [4.69, 9.17) is 0 Å². The summed E-state index contributed by atoms with van der Waals surface area (Å²) in [6.45, 7) is 11.0. The molecule has 0 aliphatic heterocycles. The van der Waals surface area contributed by atoms with Crippen LogP contribution >= 0.6 is 27.1 Å². The molecule has 13 heavy (non-hydrogen) atoms. The Kier molecular flexibility index (Phi) is 6.90. The fourth-order valence-corrected chi connectivity index (χ4v) is 1.41. The van der Waals surface area contributed by atoms with Crippen LogP contribution in [0.5, 0.6) is 0 Å². The third-order valence-corrected chi connectivity index (χ3v) is 2.81. The molecular weight excluding hydrogens is 470 g/mol. The predicted octanol–water partition coefficient (Wildman–Crippen LogP) is 4.64. The van der Waals surface area contributed by atoms with Gasteiger partial charge in [-0.2, -0.15) is 27.8 Å². The molecule has 1 aromatic carbocycles. The van der Waals surface area contributed by atoms with E-state index < -0.39 is 0 Å². The van der Waals surface area contributed by atoms with Crippen molar-refractivity contribution in [3.63, 3.8) is 0 Å². The normalized spacial score (nSPS) is 9.77. The minimum atomic E-state index is 0.0417. The first-order valence-electron chi connectivity index (χ1n) is 4.02. The summed E-state index contributed by atoms with van der Waals surface area (Å²) in [5, 5.41) is 0. The van der Waals surface area contributed by atoms with Gasteiger partial charge >= 0.3 is 40.6 Å². The molecule has 0 aliphatic carbocycles. The van der Waals surface area contributed by atoms with Crippen molar-refractivity contribution in [2.75, 3.05) is 0 Å². The maximum absolute atomic E-state index is 3.20. The van der Waals surface area contributed by atoms with Gasteiger partial charge in [0.1, 0.15) is 0 Å². The van der Waals surface area contributed by atoms with Gasteiger partial charge in [0.25, 0.3) is 0 Å². The van der Waals surface area contributed by atoms with Crippen molar-refractivity contribution in [3.05, 3.63) is 27.8 Å². The van der Waals surface area contributed by atoms with E-state index in [0.29, 0.717) is 0 Å². The first kappa shape index (κ1) is 13.9. The van der Waals surface area contributed by atoms with E-state index in [0.717, 1.165) is 0 Å². The molecular formula is C10H15Br2Os-. The summed E-state index contributed by atoms with van der Waals surface area (Å²) in [6, 6.07) is 0. The van der Waals surface area contributed by atoms with Crippen LogP contribution in [0, 0.1) is 34.6 Å². The first-order valence-corrected chi connectivity index (χ1v) is 15.1. The Bertz CT molecular complexity index is 197. The van der Waals surface area contributed by atoms with Crippen molar-refractivity contribution in [1.29, 1.82) is 0 Å². The first-order chi connectivity index (χ1) is 5.97. The molecule has 0 spiro atoms. The zero-order valence-corrected chi connectivity index (χ0v) is 14.3. The van der Waals surface area contributed by atoms with Crippen LogP contribution in [0.4, 0.5) is 0 Å². The molecule has 0 nitrogen and oxygen atoms in total. The van der Waals surface area contributed by atoms with Gasteiger partial charge in [-0.3, -0.25) is 0 Å². The van der Waals surface area contributed by atoms with Crippen LogP contribution in [0.15, 0.2) is 0 Å². The van der Waals surface area contributed by atoms with Gasteiger partial charge in [0.2, 0.25) is 0 Å². The van der Waals surface area contributed by atoms with Gasteiger partial charge in [0, 0.05) is 0 Å². The standard InChI is InChI=1S/C10H15.2BrH.Os/c1-6-7(2)9(4)10(5)8(6)3;;;/h1-5H3;2*1H;/q-1;;;+2/p-2. The molecule has 78 valence electrons. The molecule has 1 aromatic rings. The SMILES string of the molecule is Cc1c(C)c(C)[c-](C)c1C.[Br][Os][Br]. The Morgan fingerprint density at radius 1 is 0.923 bits per heavy atom. The molecule has 0 radical (unpaired) electrons. The molecule has 1 rings (SSSR count). The van der Waals surface area contributed by atoms with Gasteiger partial charge in [-0.05, 0) is 0 Å². The van der Waals surface area contributed by atoms with Crippen molar-refractivity contribution in [2.24, 2.45) is 0 Å². The third-order valence-electron chi connectivity index (χ3n) is 2.81. The molecule has 3 heteroatoms. The molecule has 0 heterocycles. The molecule has 0 saturated heterocycles. The van der Waals surface area contributed by atoms with Gasteiger partial charge in [0.15, 0.2) is 0 Å². The number of rotatable bonds is 0. The van der Waals surface area contributed by atoms with Crippen LogP contribution in [0.3, 0.4) is 0 Å². The Labute approximate surface area is 102 Å². The van der Waals surface area contributed by atoms with Crippen LogP contribution in [0.2, 0.25) is 0 Å². The fourth-order valence-electron chi connectivity index (χ4n) is 1.41. The number of halogens is 2. The van der Waals surface area contributed by atoms with Crippen molar-refractivity contribution in [3.8, 4) is 0 Å². The summed E-state index contributed by atoms with van der Waals surface area (Å²) in [5.41, 5.74) is 7.34. The van der Waals surface area contributed by atoms with Crippen LogP contribution in [0.25, 0.3) is 0 Å². The van der Waals surface area contributed by atoms with Crippen LogP contribution in [-0.2, 0) is 13.5 Å². The van der Waals surface area contributed by atoms with Crippen molar-refractivity contribution >= 4 is 27.1 Å². The molecule has 0 atom stereocenters. The predicted molar refractivity (Wildman–Crippen MR) is 63.6 cm³/mol. The monoisotopic (exact) mass is 485 g/mol. The van der Waals surface area contributed by atoms with E-state index in [9.17, 15) is 0 Å². The van der Waals surface area contributed by atoms with Gasteiger partial charge in [-0.15, -0.1) is 0 Å². The van der Waals surface area contributed by atoms with Gasteiger partial charge < -0.3 is 0 Å². The second kappa shape index (κ2) is 6.43. The summed E-state index contributed by atoms with van der Waals surface area (Å²) >= 11 is 6.44. The average molecular weight is 485 g/mol. The summed E-state index contributed by atoms with van der Waals surface area (Å²) in [4.78, 5) is 0. The topological polar surface area (TPSA) is 0 Å². The molecule has 0 unspecified atom stereocenters. The van der Waals surface area contributed by atoms with Gasteiger partial charge in [-0.1, -0.05) is 34.6 Å². The summed E-state index contributed by atoms with van der Waals surface area (Å²) in [7, 11) is 0. The summed E-state index contributed by atoms with van der Waals surface area (Å²) < 4.78 is 0. The second-order valence-corrected chi connectivity index (χ2v) is 14.3. The summed E-state index contributed by atoms with van der Waals surface area (Å²) in [5.74, 6) is 0. The van der Waals surface area contributed by atoms with Crippen LogP contribution in [0.1, 0.15) is 27.8 Å². The van der Waals surface area contributed by atoms with E-state index in [1.54, 1.807) is 0 Å². The molecule has 0 fully saturated rings. The van der Waals surface area contributed by atoms with E-state index in [-0.39, 0.29) is 13.5 Å². The molecule has 0 aliphatic rings.